The van der Waals surface area contributed by atoms with Crippen LogP contribution in [0.3, 0.4) is 0 Å². The van der Waals surface area contributed by atoms with Crippen molar-refractivity contribution in [3.05, 3.63) is 29.1 Å². The lowest BCUT2D eigenvalue weighted by Crippen LogP contribution is -2.68. The van der Waals surface area contributed by atoms with Crippen LogP contribution >= 0.6 is 0 Å². The first-order valence-corrected chi connectivity index (χ1v) is 8.99. The van der Waals surface area contributed by atoms with E-state index in [-0.39, 0.29) is 42.7 Å². The van der Waals surface area contributed by atoms with Gasteiger partial charge in [-0.2, -0.15) is 0 Å². The van der Waals surface area contributed by atoms with Crippen LogP contribution in [0.2, 0.25) is 0 Å². The van der Waals surface area contributed by atoms with Crippen LogP contribution in [-0.2, 0) is 16.1 Å². The molecule has 2 N–H and O–H groups in total. The Kier molecular flexibility index (Phi) is 3.34. The van der Waals surface area contributed by atoms with E-state index in [2.05, 4.69) is 15.5 Å². The maximum Gasteiger partial charge on any atom is 0.255 e. The van der Waals surface area contributed by atoms with E-state index in [4.69, 9.17) is 0 Å². The standard InChI is InChI=1S/C18H19FN4O3/c19-13-2-1-11-12(16(13)23-9-5-10(23)7-20-6-9)8-22(18(11)26)14-3-4-15(24)21-17(14)25/h1-2,9-10,14,20H,3-8H2,(H,21,24,25). The molecule has 0 aliphatic carbocycles. The van der Waals surface area contributed by atoms with Gasteiger partial charge in [0.15, 0.2) is 0 Å². The van der Waals surface area contributed by atoms with E-state index in [1.807, 2.05) is 0 Å². The van der Waals surface area contributed by atoms with E-state index in [0.717, 1.165) is 19.5 Å². The van der Waals surface area contributed by atoms with Crippen molar-refractivity contribution in [2.75, 3.05) is 18.0 Å². The number of imide groups is 1. The van der Waals surface area contributed by atoms with Crippen molar-refractivity contribution in [1.82, 2.24) is 15.5 Å². The van der Waals surface area contributed by atoms with Crippen LogP contribution in [0.15, 0.2) is 12.1 Å². The smallest absolute Gasteiger partial charge is 0.255 e. The molecule has 0 saturated carbocycles. The zero-order valence-corrected chi connectivity index (χ0v) is 14.1. The Morgan fingerprint density at radius 1 is 1.12 bits per heavy atom. The van der Waals surface area contributed by atoms with Gasteiger partial charge >= 0.3 is 0 Å². The minimum absolute atomic E-state index is 0.205. The van der Waals surface area contributed by atoms with E-state index in [1.54, 1.807) is 0 Å². The minimum atomic E-state index is -0.680. The van der Waals surface area contributed by atoms with Gasteiger partial charge in [0.2, 0.25) is 11.8 Å². The molecule has 3 atom stereocenters. The number of carbonyl (C=O) groups excluding carboxylic acids is 3. The number of hydrogen-bond donors (Lipinski definition) is 2. The third kappa shape index (κ3) is 2.11. The zero-order chi connectivity index (χ0) is 18.0. The summed E-state index contributed by atoms with van der Waals surface area (Å²) >= 11 is 0. The second-order valence-electron chi connectivity index (χ2n) is 7.43. The monoisotopic (exact) mass is 358 g/mol. The van der Waals surface area contributed by atoms with Crippen LogP contribution in [0, 0.1) is 5.82 Å². The highest BCUT2D eigenvalue weighted by Gasteiger charge is 2.46. The molecule has 1 aromatic rings. The number of amides is 3. The Labute approximate surface area is 149 Å². The Morgan fingerprint density at radius 3 is 2.58 bits per heavy atom. The Hall–Kier alpha value is -2.48. The van der Waals surface area contributed by atoms with E-state index in [9.17, 15) is 18.8 Å². The van der Waals surface area contributed by atoms with Gasteiger partial charge in [0.1, 0.15) is 11.9 Å². The number of halogens is 1. The van der Waals surface area contributed by atoms with Crippen molar-refractivity contribution in [3.8, 4) is 0 Å². The Bertz CT molecular complexity index is 828. The van der Waals surface area contributed by atoms with Crippen molar-refractivity contribution in [2.24, 2.45) is 0 Å². The first-order chi connectivity index (χ1) is 12.5. The molecule has 26 heavy (non-hydrogen) atoms. The van der Waals surface area contributed by atoms with E-state index < -0.39 is 11.9 Å². The van der Waals surface area contributed by atoms with E-state index in [0.29, 0.717) is 23.2 Å². The van der Waals surface area contributed by atoms with Gasteiger partial charge < -0.3 is 15.1 Å². The van der Waals surface area contributed by atoms with Crippen LogP contribution in [0.5, 0.6) is 0 Å². The van der Waals surface area contributed by atoms with Crippen molar-refractivity contribution < 1.29 is 18.8 Å². The third-order valence-corrected chi connectivity index (χ3v) is 5.99. The fourth-order valence-corrected chi connectivity index (χ4v) is 4.72. The Morgan fingerprint density at radius 2 is 1.88 bits per heavy atom. The highest BCUT2D eigenvalue weighted by atomic mass is 19.1. The largest absolute Gasteiger partial charge is 0.360 e. The highest BCUT2D eigenvalue weighted by Crippen LogP contribution is 2.42. The number of benzene rings is 1. The van der Waals surface area contributed by atoms with Gasteiger partial charge in [-0.3, -0.25) is 19.7 Å². The molecule has 4 aliphatic heterocycles. The highest BCUT2D eigenvalue weighted by molar-refractivity contribution is 6.06. The number of piperazine rings is 1. The van der Waals surface area contributed by atoms with Gasteiger partial charge in [-0.1, -0.05) is 0 Å². The average molecular weight is 358 g/mol. The molecule has 5 rings (SSSR count). The first kappa shape index (κ1) is 15.7. The number of hydrogen-bond acceptors (Lipinski definition) is 5. The summed E-state index contributed by atoms with van der Waals surface area (Å²) in [6, 6.07) is 2.67. The van der Waals surface area contributed by atoms with Crippen molar-refractivity contribution >= 4 is 23.4 Å². The molecule has 7 nitrogen and oxygen atoms in total. The predicted molar refractivity (Wildman–Crippen MR) is 90.0 cm³/mol. The van der Waals surface area contributed by atoms with E-state index in [1.165, 1.54) is 17.0 Å². The van der Waals surface area contributed by atoms with Crippen molar-refractivity contribution in [3.63, 3.8) is 0 Å². The first-order valence-electron chi connectivity index (χ1n) is 8.99. The van der Waals surface area contributed by atoms with Crippen LogP contribution in [0.4, 0.5) is 10.1 Å². The maximum absolute atomic E-state index is 14.7. The number of rotatable bonds is 2. The van der Waals surface area contributed by atoms with Gasteiger partial charge in [-0.25, -0.2) is 4.39 Å². The van der Waals surface area contributed by atoms with Gasteiger partial charge in [-0.05, 0) is 25.0 Å². The van der Waals surface area contributed by atoms with Crippen LogP contribution in [0.1, 0.15) is 35.2 Å². The van der Waals surface area contributed by atoms with Gasteiger partial charge in [0, 0.05) is 49.3 Å². The summed E-state index contributed by atoms with van der Waals surface area (Å²) in [5, 5.41) is 5.62. The number of nitrogens with one attached hydrogen (secondary N) is 2. The SMILES string of the molecule is O=C1CCC(N2Cc3c(ccc(F)c3N3C4CNCC3C4)C2=O)C(=O)N1. The summed E-state index contributed by atoms with van der Waals surface area (Å²) in [6.07, 6.45) is 1.54. The molecular formula is C18H19FN4O3. The molecule has 136 valence electrons. The quantitative estimate of drug-likeness (QED) is 0.735. The molecule has 0 aromatic heterocycles. The lowest BCUT2D eigenvalue weighted by atomic mass is 9.86. The van der Waals surface area contributed by atoms with Crippen molar-refractivity contribution in [2.45, 2.75) is 43.9 Å². The second kappa shape index (κ2) is 5.51. The lowest BCUT2D eigenvalue weighted by molar-refractivity contribution is -0.136. The fourth-order valence-electron chi connectivity index (χ4n) is 4.72. The summed E-state index contributed by atoms with van der Waals surface area (Å²) in [6.45, 7) is 1.83. The van der Waals surface area contributed by atoms with Gasteiger partial charge in [-0.15, -0.1) is 0 Å². The molecule has 4 heterocycles. The second-order valence-corrected chi connectivity index (χ2v) is 7.43. The molecule has 4 aliphatic rings. The molecule has 3 fully saturated rings. The number of carbonyl (C=O) groups is 3. The predicted octanol–water partition coefficient (Wildman–Crippen LogP) is 0.137. The molecule has 1 aromatic carbocycles. The summed E-state index contributed by atoms with van der Waals surface area (Å²) in [5.74, 6) is -1.35. The Balaban J connectivity index is 1.50. The third-order valence-electron chi connectivity index (χ3n) is 5.99. The topological polar surface area (TPSA) is 81.8 Å². The average Bonchev–Trinajstić information content (AvgIpc) is 2.95. The van der Waals surface area contributed by atoms with Crippen molar-refractivity contribution in [1.29, 1.82) is 0 Å². The molecule has 3 saturated heterocycles. The molecular weight excluding hydrogens is 339 g/mol. The summed E-state index contributed by atoms with van der Waals surface area (Å²) < 4.78 is 14.7. The maximum atomic E-state index is 14.7. The van der Waals surface area contributed by atoms with Crippen LogP contribution in [-0.4, -0.2) is 53.8 Å². The molecule has 3 amide bonds. The molecule has 0 radical (unpaired) electrons. The van der Waals surface area contributed by atoms with Crippen LogP contribution < -0.4 is 15.5 Å². The summed E-state index contributed by atoms with van der Waals surface area (Å²) in [4.78, 5) is 40.0. The van der Waals surface area contributed by atoms with Gasteiger partial charge in [0.05, 0.1) is 5.69 Å². The van der Waals surface area contributed by atoms with Gasteiger partial charge in [0.25, 0.3) is 5.91 Å². The lowest BCUT2D eigenvalue weighted by Gasteiger charge is -2.55. The molecule has 0 spiro atoms. The fraction of sp³-hybridized carbons (Fsp3) is 0.500. The molecule has 3 unspecified atom stereocenters. The number of fused-ring (bicyclic) bond motifs is 3. The van der Waals surface area contributed by atoms with Crippen LogP contribution in [0.25, 0.3) is 0 Å². The number of piperidine rings is 2. The molecule has 8 heteroatoms. The summed E-state index contributed by atoms with van der Waals surface area (Å²) in [5.41, 5.74) is 1.63. The van der Waals surface area contributed by atoms with E-state index >= 15 is 0 Å². The number of nitrogens with zero attached hydrogens (tertiary/aromatic N) is 2. The summed E-state index contributed by atoms with van der Waals surface area (Å²) in [7, 11) is 0. The number of anilines is 1. The molecule has 2 bridgehead atoms. The normalized spacial score (nSPS) is 30.2. The zero-order valence-electron chi connectivity index (χ0n) is 14.1. The minimum Gasteiger partial charge on any atom is -0.360 e.